The Morgan fingerprint density at radius 3 is 3.26 bits per heavy atom. The number of H-pyrrole nitrogens is 1. The van der Waals surface area contributed by atoms with Crippen molar-refractivity contribution in [3.05, 3.63) is 27.9 Å². The number of ether oxygens (including phenoxy) is 2. The van der Waals surface area contributed by atoms with Crippen LogP contribution < -0.4 is 10.9 Å². The van der Waals surface area contributed by atoms with Gasteiger partial charge >= 0.3 is 0 Å². The van der Waals surface area contributed by atoms with Crippen molar-refractivity contribution in [2.24, 2.45) is 0 Å². The zero-order valence-corrected chi connectivity index (χ0v) is 11.3. The maximum absolute atomic E-state index is 11.6. The molecule has 6 nitrogen and oxygen atoms in total. The molecule has 0 radical (unpaired) electrons. The lowest BCUT2D eigenvalue weighted by Gasteiger charge is -2.09. The number of rotatable bonds is 7. The molecule has 19 heavy (non-hydrogen) atoms. The summed E-state index contributed by atoms with van der Waals surface area (Å²) in [7, 11) is 1.66. The van der Waals surface area contributed by atoms with Gasteiger partial charge in [0, 0.05) is 39.3 Å². The van der Waals surface area contributed by atoms with Gasteiger partial charge in [0.15, 0.2) is 0 Å². The van der Waals surface area contributed by atoms with E-state index >= 15 is 0 Å². The predicted molar refractivity (Wildman–Crippen MR) is 71.1 cm³/mol. The molecule has 1 aromatic rings. The number of hydrogen-bond donors (Lipinski definition) is 2. The van der Waals surface area contributed by atoms with Gasteiger partial charge in [-0.1, -0.05) is 0 Å². The first-order valence-corrected chi connectivity index (χ1v) is 6.68. The van der Waals surface area contributed by atoms with Gasteiger partial charge in [-0.15, -0.1) is 0 Å². The van der Waals surface area contributed by atoms with Crippen LogP contribution in [-0.4, -0.2) is 42.9 Å². The minimum atomic E-state index is -0.105. The third-order valence-electron chi connectivity index (χ3n) is 3.08. The fraction of sp³-hybridized carbons (Fsp3) is 0.692. The van der Waals surface area contributed by atoms with Crippen LogP contribution in [0.4, 0.5) is 0 Å². The molecule has 106 valence electrons. The topological polar surface area (TPSA) is 76.2 Å². The summed E-state index contributed by atoms with van der Waals surface area (Å²) in [6.45, 7) is 2.77. The number of hydrogen-bond acceptors (Lipinski definition) is 5. The van der Waals surface area contributed by atoms with E-state index in [1.165, 1.54) is 6.07 Å². The van der Waals surface area contributed by atoms with Crippen LogP contribution in [0.5, 0.6) is 0 Å². The van der Waals surface area contributed by atoms with Crippen molar-refractivity contribution in [1.29, 1.82) is 0 Å². The number of aromatic nitrogens is 2. The molecule has 0 aromatic carbocycles. The van der Waals surface area contributed by atoms with Crippen LogP contribution in [-0.2, 0) is 22.4 Å². The minimum absolute atomic E-state index is 0.105. The zero-order valence-electron chi connectivity index (χ0n) is 11.3. The smallest absolute Gasteiger partial charge is 0.251 e. The highest BCUT2D eigenvalue weighted by Gasteiger charge is 2.17. The van der Waals surface area contributed by atoms with Crippen LogP contribution in [0, 0.1) is 0 Å². The molecule has 1 unspecified atom stereocenters. The summed E-state index contributed by atoms with van der Waals surface area (Å²) in [6.07, 6.45) is 3.01. The van der Waals surface area contributed by atoms with Crippen molar-refractivity contribution in [2.45, 2.75) is 31.9 Å². The Bertz CT molecular complexity index is 441. The van der Waals surface area contributed by atoms with Crippen molar-refractivity contribution in [1.82, 2.24) is 15.3 Å². The fourth-order valence-electron chi connectivity index (χ4n) is 2.16. The molecule has 0 aliphatic carbocycles. The summed E-state index contributed by atoms with van der Waals surface area (Å²) in [5, 5.41) is 3.18. The summed E-state index contributed by atoms with van der Waals surface area (Å²) in [4.78, 5) is 18.8. The second-order valence-electron chi connectivity index (χ2n) is 4.69. The molecule has 1 aromatic heterocycles. The van der Waals surface area contributed by atoms with Crippen LogP contribution in [0.15, 0.2) is 10.9 Å². The fourth-order valence-corrected chi connectivity index (χ4v) is 2.16. The van der Waals surface area contributed by atoms with Crippen LogP contribution in [0.25, 0.3) is 0 Å². The van der Waals surface area contributed by atoms with E-state index < -0.39 is 0 Å². The van der Waals surface area contributed by atoms with Gasteiger partial charge in [0.1, 0.15) is 5.82 Å². The maximum Gasteiger partial charge on any atom is 0.251 e. The highest BCUT2D eigenvalue weighted by atomic mass is 16.5. The predicted octanol–water partition coefficient (Wildman–Crippen LogP) is 0.227. The van der Waals surface area contributed by atoms with Gasteiger partial charge in [-0.25, -0.2) is 4.98 Å². The molecule has 1 saturated heterocycles. The SMILES string of the molecule is COCCNCc1cc(=O)[nH]c(CC2CCCO2)n1. The highest BCUT2D eigenvalue weighted by molar-refractivity contribution is 5.03. The molecule has 1 aliphatic rings. The molecule has 2 heterocycles. The molecular formula is C13H21N3O3. The largest absolute Gasteiger partial charge is 0.383 e. The van der Waals surface area contributed by atoms with Crippen molar-refractivity contribution in [3.8, 4) is 0 Å². The van der Waals surface area contributed by atoms with Crippen molar-refractivity contribution in [2.75, 3.05) is 26.9 Å². The van der Waals surface area contributed by atoms with E-state index in [9.17, 15) is 4.79 Å². The summed E-state index contributed by atoms with van der Waals surface area (Å²) in [5.74, 6) is 0.711. The summed E-state index contributed by atoms with van der Waals surface area (Å²) in [6, 6.07) is 1.53. The van der Waals surface area contributed by atoms with Gasteiger partial charge < -0.3 is 19.8 Å². The standard InChI is InChI=1S/C13H21N3O3/c1-18-6-4-14-9-10-7-13(17)16-12(15-10)8-11-3-2-5-19-11/h7,11,14H,2-6,8-9H2,1H3,(H,15,16,17). The van der Waals surface area contributed by atoms with Crippen LogP contribution in [0.1, 0.15) is 24.4 Å². The van der Waals surface area contributed by atoms with Gasteiger partial charge in [0.05, 0.1) is 18.4 Å². The molecule has 1 fully saturated rings. The van der Waals surface area contributed by atoms with E-state index in [0.717, 1.165) is 31.7 Å². The molecule has 0 saturated carbocycles. The average molecular weight is 267 g/mol. The van der Waals surface area contributed by atoms with Crippen LogP contribution in [0.3, 0.4) is 0 Å². The summed E-state index contributed by atoms with van der Waals surface area (Å²) in [5.41, 5.74) is 0.652. The van der Waals surface area contributed by atoms with E-state index in [2.05, 4.69) is 15.3 Å². The number of aromatic amines is 1. The molecule has 0 spiro atoms. The van der Waals surface area contributed by atoms with Gasteiger partial charge in [-0.2, -0.15) is 0 Å². The highest BCUT2D eigenvalue weighted by Crippen LogP contribution is 2.14. The third-order valence-corrected chi connectivity index (χ3v) is 3.08. The number of methoxy groups -OCH3 is 1. The number of nitrogens with zero attached hydrogens (tertiary/aromatic N) is 1. The Kier molecular flexibility index (Phi) is 5.50. The number of nitrogens with one attached hydrogen (secondary N) is 2. The van der Waals surface area contributed by atoms with Gasteiger partial charge in [0.25, 0.3) is 5.56 Å². The van der Waals surface area contributed by atoms with E-state index in [0.29, 0.717) is 25.4 Å². The van der Waals surface area contributed by atoms with Crippen LogP contribution in [0.2, 0.25) is 0 Å². The van der Waals surface area contributed by atoms with E-state index in [1.807, 2.05) is 0 Å². The second-order valence-corrected chi connectivity index (χ2v) is 4.69. The molecule has 2 rings (SSSR count). The average Bonchev–Trinajstić information content (AvgIpc) is 2.87. The molecule has 0 bridgehead atoms. The van der Waals surface area contributed by atoms with E-state index in [4.69, 9.17) is 9.47 Å². The Hall–Kier alpha value is -1.24. The lowest BCUT2D eigenvalue weighted by atomic mass is 10.2. The molecule has 2 N–H and O–H groups in total. The normalized spacial score (nSPS) is 18.9. The quantitative estimate of drug-likeness (QED) is 0.692. The summed E-state index contributed by atoms with van der Waals surface area (Å²) < 4.78 is 10.5. The van der Waals surface area contributed by atoms with Crippen molar-refractivity contribution in [3.63, 3.8) is 0 Å². The first kappa shape index (κ1) is 14.2. The van der Waals surface area contributed by atoms with Crippen molar-refractivity contribution >= 4 is 0 Å². The van der Waals surface area contributed by atoms with Gasteiger partial charge in [0.2, 0.25) is 0 Å². The summed E-state index contributed by atoms with van der Waals surface area (Å²) >= 11 is 0. The Morgan fingerprint density at radius 1 is 1.63 bits per heavy atom. The Morgan fingerprint density at radius 2 is 2.53 bits per heavy atom. The molecule has 6 heteroatoms. The monoisotopic (exact) mass is 267 g/mol. The zero-order chi connectivity index (χ0) is 13.5. The minimum Gasteiger partial charge on any atom is -0.383 e. The first-order chi connectivity index (χ1) is 9.28. The maximum atomic E-state index is 11.6. The van der Waals surface area contributed by atoms with Gasteiger partial charge in [-0.3, -0.25) is 4.79 Å². The van der Waals surface area contributed by atoms with Crippen LogP contribution >= 0.6 is 0 Å². The lowest BCUT2D eigenvalue weighted by Crippen LogP contribution is -2.23. The Labute approximate surface area is 112 Å². The van der Waals surface area contributed by atoms with Gasteiger partial charge in [-0.05, 0) is 12.8 Å². The molecular weight excluding hydrogens is 246 g/mol. The van der Waals surface area contributed by atoms with E-state index in [-0.39, 0.29) is 11.7 Å². The molecule has 1 aliphatic heterocycles. The Balaban J connectivity index is 1.92. The second kappa shape index (κ2) is 7.37. The lowest BCUT2D eigenvalue weighted by molar-refractivity contribution is 0.109. The molecule has 1 atom stereocenters. The molecule has 0 amide bonds. The van der Waals surface area contributed by atoms with E-state index in [1.54, 1.807) is 7.11 Å². The van der Waals surface area contributed by atoms with Crippen molar-refractivity contribution < 1.29 is 9.47 Å². The third kappa shape index (κ3) is 4.74. The first-order valence-electron chi connectivity index (χ1n) is 6.68.